The third-order valence-electron chi connectivity index (χ3n) is 3.08. The van der Waals surface area contributed by atoms with Gasteiger partial charge in [0.05, 0.1) is 10.7 Å². The van der Waals surface area contributed by atoms with Crippen LogP contribution in [0.4, 0.5) is 5.69 Å². The molecule has 24 heavy (non-hydrogen) atoms. The molecule has 0 radical (unpaired) electrons. The Morgan fingerprint density at radius 3 is 2.00 bits per heavy atom. The second-order valence-electron chi connectivity index (χ2n) is 6.36. The molecule has 0 saturated heterocycles. The van der Waals surface area contributed by atoms with Gasteiger partial charge in [-0.05, 0) is 63.2 Å². The van der Waals surface area contributed by atoms with E-state index >= 15 is 0 Å². The van der Waals surface area contributed by atoms with Crippen LogP contribution in [0.3, 0.4) is 0 Å². The number of halogens is 2. The van der Waals surface area contributed by atoms with Crippen LogP contribution in [-0.2, 0) is 0 Å². The predicted molar refractivity (Wildman–Crippen MR) is 101 cm³/mol. The zero-order valence-corrected chi connectivity index (χ0v) is 16.0. The summed E-state index contributed by atoms with van der Waals surface area (Å²) in [6.45, 7) is 5.73. The van der Waals surface area contributed by atoms with Gasteiger partial charge in [-0.1, -0.05) is 27.5 Å². The van der Waals surface area contributed by atoms with Crippen LogP contribution in [0.1, 0.15) is 41.5 Å². The molecule has 2 aromatic carbocycles. The van der Waals surface area contributed by atoms with Crippen LogP contribution < -0.4 is 10.6 Å². The lowest BCUT2D eigenvalue weighted by molar-refractivity contribution is 0.0918. The van der Waals surface area contributed by atoms with E-state index in [1.54, 1.807) is 42.5 Å². The van der Waals surface area contributed by atoms with Crippen molar-refractivity contribution in [1.29, 1.82) is 0 Å². The van der Waals surface area contributed by atoms with Gasteiger partial charge in [0.25, 0.3) is 11.8 Å². The molecule has 0 spiro atoms. The second kappa shape index (κ2) is 7.36. The number of benzene rings is 2. The number of anilines is 1. The number of amides is 2. The van der Waals surface area contributed by atoms with Crippen molar-refractivity contribution in [2.75, 3.05) is 5.32 Å². The van der Waals surface area contributed by atoms with E-state index in [1.807, 2.05) is 20.8 Å². The summed E-state index contributed by atoms with van der Waals surface area (Å²) < 4.78 is 0.833. The van der Waals surface area contributed by atoms with Crippen LogP contribution in [0.15, 0.2) is 46.9 Å². The van der Waals surface area contributed by atoms with Crippen molar-refractivity contribution in [1.82, 2.24) is 5.32 Å². The van der Waals surface area contributed by atoms with E-state index in [2.05, 4.69) is 26.6 Å². The molecule has 2 amide bonds. The molecule has 0 unspecified atom stereocenters. The highest BCUT2D eigenvalue weighted by atomic mass is 79.9. The summed E-state index contributed by atoms with van der Waals surface area (Å²) in [5.74, 6) is -0.465. The molecule has 0 aliphatic carbocycles. The van der Waals surface area contributed by atoms with Crippen molar-refractivity contribution in [3.63, 3.8) is 0 Å². The minimum Gasteiger partial charge on any atom is -0.347 e. The molecule has 0 aliphatic rings. The third kappa shape index (κ3) is 5.08. The first kappa shape index (κ1) is 18.5. The van der Waals surface area contributed by atoms with E-state index in [-0.39, 0.29) is 17.4 Å². The first-order chi connectivity index (χ1) is 11.2. The van der Waals surface area contributed by atoms with Gasteiger partial charge in [-0.15, -0.1) is 0 Å². The largest absolute Gasteiger partial charge is 0.347 e. The fourth-order valence-corrected chi connectivity index (χ4v) is 2.69. The van der Waals surface area contributed by atoms with Crippen molar-refractivity contribution in [3.05, 3.63) is 63.1 Å². The highest BCUT2D eigenvalue weighted by Gasteiger charge is 2.16. The Balaban J connectivity index is 2.10. The molecule has 0 saturated carbocycles. The molecule has 2 N–H and O–H groups in total. The first-order valence-corrected chi connectivity index (χ1v) is 8.52. The van der Waals surface area contributed by atoms with E-state index < -0.39 is 0 Å². The van der Waals surface area contributed by atoms with E-state index in [1.165, 1.54) is 0 Å². The number of hydrogen-bond acceptors (Lipinski definition) is 2. The van der Waals surface area contributed by atoms with Crippen molar-refractivity contribution in [2.45, 2.75) is 26.3 Å². The summed E-state index contributed by atoms with van der Waals surface area (Å²) in [6.07, 6.45) is 0. The fourth-order valence-electron chi connectivity index (χ4n) is 1.97. The van der Waals surface area contributed by atoms with E-state index in [0.29, 0.717) is 21.8 Å². The number of carbonyl (C=O) groups excluding carboxylic acids is 2. The minimum atomic E-state index is -0.314. The molecule has 4 nitrogen and oxygen atoms in total. The SMILES string of the molecule is CC(C)(C)NC(=O)c1ccc(C(=O)Nc2ccc(Br)cc2Cl)cc1. The van der Waals surface area contributed by atoms with E-state index in [4.69, 9.17) is 11.6 Å². The van der Waals surface area contributed by atoms with Gasteiger partial charge in [0, 0.05) is 21.1 Å². The maximum absolute atomic E-state index is 12.3. The summed E-state index contributed by atoms with van der Waals surface area (Å²) in [4.78, 5) is 24.4. The van der Waals surface area contributed by atoms with Crippen molar-refractivity contribution < 1.29 is 9.59 Å². The lowest BCUT2D eigenvalue weighted by Crippen LogP contribution is -2.40. The van der Waals surface area contributed by atoms with Crippen LogP contribution >= 0.6 is 27.5 Å². The molecule has 6 heteroatoms. The Kier molecular flexibility index (Phi) is 5.67. The normalized spacial score (nSPS) is 11.0. The number of nitrogens with one attached hydrogen (secondary N) is 2. The predicted octanol–water partition coefficient (Wildman–Crippen LogP) is 4.88. The third-order valence-corrected chi connectivity index (χ3v) is 3.88. The van der Waals surface area contributed by atoms with Crippen LogP contribution in [0.2, 0.25) is 5.02 Å². The zero-order chi connectivity index (χ0) is 17.9. The maximum atomic E-state index is 12.3. The zero-order valence-electron chi connectivity index (χ0n) is 13.6. The molecule has 0 fully saturated rings. The van der Waals surface area contributed by atoms with E-state index in [0.717, 1.165) is 4.47 Å². The monoisotopic (exact) mass is 408 g/mol. The summed E-state index contributed by atoms with van der Waals surface area (Å²) in [7, 11) is 0. The Hall–Kier alpha value is -1.85. The number of carbonyl (C=O) groups is 2. The standard InChI is InChI=1S/C18H18BrClN2O2/c1-18(2,3)22-17(24)12-6-4-11(5-7-12)16(23)21-15-9-8-13(19)10-14(15)20/h4-10H,1-3H3,(H,21,23)(H,22,24). The Bertz CT molecular complexity index is 768. The van der Waals surface area contributed by atoms with Crippen molar-refractivity contribution in [3.8, 4) is 0 Å². The van der Waals surface area contributed by atoms with Gasteiger partial charge in [0.15, 0.2) is 0 Å². The first-order valence-electron chi connectivity index (χ1n) is 7.35. The highest BCUT2D eigenvalue weighted by Crippen LogP contribution is 2.26. The lowest BCUT2D eigenvalue weighted by atomic mass is 10.1. The van der Waals surface area contributed by atoms with Crippen LogP contribution in [0, 0.1) is 0 Å². The molecule has 0 heterocycles. The summed E-state index contributed by atoms with van der Waals surface area (Å²) in [5.41, 5.74) is 1.16. The average Bonchev–Trinajstić information content (AvgIpc) is 2.48. The van der Waals surface area contributed by atoms with Gasteiger partial charge >= 0.3 is 0 Å². The average molecular weight is 410 g/mol. The molecule has 0 atom stereocenters. The molecule has 0 bridgehead atoms. The molecular formula is C18H18BrClN2O2. The molecule has 0 aromatic heterocycles. The number of rotatable bonds is 3. The van der Waals surface area contributed by atoms with Crippen LogP contribution in [0.5, 0.6) is 0 Å². The topological polar surface area (TPSA) is 58.2 Å². The summed E-state index contributed by atoms with van der Waals surface area (Å²) in [6, 6.07) is 11.7. The van der Waals surface area contributed by atoms with Crippen LogP contribution in [-0.4, -0.2) is 17.4 Å². The van der Waals surface area contributed by atoms with Crippen LogP contribution in [0.25, 0.3) is 0 Å². The van der Waals surface area contributed by atoms with Crippen molar-refractivity contribution in [2.24, 2.45) is 0 Å². The maximum Gasteiger partial charge on any atom is 0.255 e. The van der Waals surface area contributed by atoms with Gasteiger partial charge in [-0.25, -0.2) is 0 Å². The van der Waals surface area contributed by atoms with Crippen molar-refractivity contribution >= 4 is 45.0 Å². The molecule has 2 aromatic rings. The van der Waals surface area contributed by atoms with Gasteiger partial charge in [-0.3, -0.25) is 9.59 Å². The second-order valence-corrected chi connectivity index (χ2v) is 7.68. The van der Waals surface area contributed by atoms with Gasteiger partial charge in [0.2, 0.25) is 0 Å². The molecule has 2 rings (SSSR count). The number of hydrogen-bond donors (Lipinski definition) is 2. The Morgan fingerprint density at radius 1 is 0.958 bits per heavy atom. The lowest BCUT2D eigenvalue weighted by Gasteiger charge is -2.20. The minimum absolute atomic E-state index is 0.176. The summed E-state index contributed by atoms with van der Waals surface area (Å²) in [5, 5.41) is 6.07. The molecule has 0 aliphatic heterocycles. The molecule has 126 valence electrons. The smallest absolute Gasteiger partial charge is 0.255 e. The van der Waals surface area contributed by atoms with E-state index in [9.17, 15) is 9.59 Å². The Labute approximate surface area is 154 Å². The quantitative estimate of drug-likeness (QED) is 0.759. The Morgan fingerprint density at radius 2 is 1.50 bits per heavy atom. The van der Waals surface area contributed by atoms with Gasteiger partial charge < -0.3 is 10.6 Å². The molecular weight excluding hydrogens is 392 g/mol. The fraction of sp³-hybridized carbons (Fsp3) is 0.222. The highest BCUT2D eigenvalue weighted by molar-refractivity contribution is 9.10. The van der Waals surface area contributed by atoms with Gasteiger partial charge in [0.1, 0.15) is 0 Å². The summed E-state index contributed by atoms with van der Waals surface area (Å²) >= 11 is 9.41. The van der Waals surface area contributed by atoms with Gasteiger partial charge in [-0.2, -0.15) is 0 Å².